The number of thiophene rings is 1. The zero-order chi connectivity index (χ0) is 24.9. The summed E-state index contributed by atoms with van der Waals surface area (Å²) in [5.41, 5.74) is 5.19. The number of aromatic nitrogens is 2. The van der Waals surface area contributed by atoms with Crippen LogP contribution in [-0.2, 0) is 0 Å². The largest absolute Gasteiger partial charge is 0.417 e. The number of hydrogen-bond donors (Lipinski definition) is 0. The van der Waals surface area contributed by atoms with Gasteiger partial charge in [-0.25, -0.2) is 0 Å². The second-order valence-electron chi connectivity index (χ2n) is 8.56. The van der Waals surface area contributed by atoms with Gasteiger partial charge in [-0.2, -0.15) is 10.5 Å². The van der Waals surface area contributed by atoms with Crippen LogP contribution in [0.25, 0.3) is 49.5 Å². The molecule has 0 aliphatic carbocycles. The van der Waals surface area contributed by atoms with Crippen molar-refractivity contribution in [3.05, 3.63) is 96.4 Å². The number of allylic oxidation sites excluding steroid dienone is 1. The van der Waals surface area contributed by atoms with Gasteiger partial charge < -0.3 is 9.32 Å². The maximum Gasteiger partial charge on any atom is 0.248 e. The Kier molecular flexibility index (Phi) is 4.65. The molecular formula is C30H15N5OS. The molecule has 0 amide bonds. The van der Waals surface area contributed by atoms with Crippen LogP contribution in [0.1, 0.15) is 5.89 Å². The Bertz CT molecular complexity index is 1940. The van der Waals surface area contributed by atoms with E-state index in [1.807, 2.05) is 24.3 Å². The lowest BCUT2D eigenvalue weighted by Gasteiger charge is -2.32. The molecule has 3 heterocycles. The number of fused-ring (bicyclic) bond motifs is 3. The molecule has 7 heteroatoms. The van der Waals surface area contributed by atoms with Gasteiger partial charge >= 0.3 is 0 Å². The molecule has 0 bridgehead atoms. The Balaban J connectivity index is 1.47. The molecule has 0 atom stereocenters. The number of nitriles is 2. The third-order valence-corrected chi connectivity index (χ3v) is 7.61. The maximum atomic E-state index is 9.06. The van der Waals surface area contributed by atoms with Crippen molar-refractivity contribution in [3.8, 4) is 34.7 Å². The minimum absolute atomic E-state index is 0.0947. The van der Waals surface area contributed by atoms with E-state index >= 15 is 0 Å². The van der Waals surface area contributed by atoms with Gasteiger partial charge in [0, 0.05) is 27.3 Å². The van der Waals surface area contributed by atoms with E-state index in [1.54, 1.807) is 11.3 Å². The summed E-state index contributed by atoms with van der Waals surface area (Å²) in [5, 5.41) is 30.8. The molecule has 0 saturated heterocycles. The number of nitrogens with zero attached hydrogens (tertiary/aromatic N) is 5. The fourth-order valence-corrected chi connectivity index (χ4v) is 6.03. The third-order valence-electron chi connectivity index (χ3n) is 6.51. The first-order valence-electron chi connectivity index (χ1n) is 11.5. The van der Waals surface area contributed by atoms with Gasteiger partial charge in [0.15, 0.2) is 0 Å². The van der Waals surface area contributed by atoms with Crippen molar-refractivity contribution in [1.82, 2.24) is 10.2 Å². The summed E-state index contributed by atoms with van der Waals surface area (Å²) in [6.45, 7) is 0. The van der Waals surface area contributed by atoms with E-state index in [9.17, 15) is 0 Å². The zero-order valence-corrected chi connectivity index (χ0v) is 20.0. The van der Waals surface area contributed by atoms with Gasteiger partial charge in [0.2, 0.25) is 11.8 Å². The molecule has 172 valence electrons. The van der Waals surface area contributed by atoms with Gasteiger partial charge in [0.25, 0.3) is 0 Å². The maximum absolute atomic E-state index is 9.06. The van der Waals surface area contributed by atoms with Gasteiger partial charge in [-0.1, -0.05) is 54.6 Å². The van der Waals surface area contributed by atoms with Gasteiger partial charge in [0.1, 0.15) is 22.7 Å². The van der Waals surface area contributed by atoms with Crippen LogP contribution in [0.15, 0.2) is 94.9 Å². The monoisotopic (exact) mass is 493 g/mol. The molecular weight excluding hydrogens is 478 g/mol. The summed E-state index contributed by atoms with van der Waals surface area (Å²) in [5.74, 6) is 0.447. The lowest BCUT2D eigenvalue weighted by molar-refractivity contribution is 0.558. The van der Waals surface area contributed by atoms with Crippen molar-refractivity contribution < 1.29 is 4.42 Å². The smallest absolute Gasteiger partial charge is 0.248 e. The Morgan fingerprint density at radius 3 is 2.49 bits per heavy atom. The van der Waals surface area contributed by atoms with Gasteiger partial charge in [-0.15, -0.1) is 21.5 Å². The highest BCUT2D eigenvalue weighted by Crippen LogP contribution is 2.53. The highest BCUT2D eigenvalue weighted by molar-refractivity contribution is 7.23. The predicted octanol–water partition coefficient (Wildman–Crippen LogP) is 7.99. The molecule has 1 aliphatic heterocycles. The normalized spacial score (nSPS) is 11.7. The van der Waals surface area contributed by atoms with Gasteiger partial charge in [-0.3, -0.25) is 0 Å². The average Bonchev–Trinajstić information content (AvgIpc) is 3.59. The molecule has 0 N–H and O–H groups in total. The van der Waals surface area contributed by atoms with Crippen LogP contribution in [0.5, 0.6) is 0 Å². The van der Waals surface area contributed by atoms with Gasteiger partial charge in [0.05, 0.1) is 11.4 Å². The lowest BCUT2D eigenvalue weighted by atomic mass is 9.89. The first-order valence-corrected chi connectivity index (χ1v) is 12.4. The zero-order valence-electron chi connectivity index (χ0n) is 19.2. The molecule has 7 rings (SSSR count). The van der Waals surface area contributed by atoms with E-state index in [-0.39, 0.29) is 11.5 Å². The van der Waals surface area contributed by atoms with Gasteiger partial charge in [-0.05, 0) is 46.7 Å². The van der Waals surface area contributed by atoms with Crippen molar-refractivity contribution in [2.45, 2.75) is 0 Å². The fourth-order valence-electron chi connectivity index (χ4n) is 4.94. The molecule has 6 nitrogen and oxygen atoms in total. The topological polar surface area (TPSA) is 89.7 Å². The van der Waals surface area contributed by atoms with Crippen LogP contribution in [0.3, 0.4) is 0 Å². The number of hydrogen-bond acceptors (Lipinski definition) is 7. The summed E-state index contributed by atoms with van der Waals surface area (Å²) in [4.78, 5) is 2.33. The van der Waals surface area contributed by atoms with Crippen molar-refractivity contribution in [2.24, 2.45) is 0 Å². The minimum Gasteiger partial charge on any atom is -0.417 e. The third kappa shape index (κ3) is 3.23. The Labute approximate surface area is 215 Å². The molecule has 0 saturated carbocycles. The van der Waals surface area contributed by atoms with Crippen LogP contribution in [-0.4, -0.2) is 10.2 Å². The molecule has 0 spiro atoms. The van der Waals surface area contributed by atoms with Crippen LogP contribution < -0.4 is 4.90 Å². The Morgan fingerprint density at radius 2 is 1.62 bits per heavy atom. The van der Waals surface area contributed by atoms with E-state index in [0.717, 1.165) is 43.8 Å². The van der Waals surface area contributed by atoms with E-state index in [1.165, 1.54) is 16.2 Å². The molecule has 0 fully saturated rings. The van der Waals surface area contributed by atoms with E-state index in [4.69, 9.17) is 14.9 Å². The van der Waals surface area contributed by atoms with E-state index in [0.29, 0.717) is 5.89 Å². The van der Waals surface area contributed by atoms with Crippen molar-refractivity contribution in [1.29, 1.82) is 10.5 Å². The van der Waals surface area contributed by atoms with Crippen molar-refractivity contribution >= 4 is 54.6 Å². The van der Waals surface area contributed by atoms with Crippen molar-refractivity contribution in [2.75, 3.05) is 4.90 Å². The molecule has 6 aromatic rings. The highest BCUT2D eigenvalue weighted by atomic mass is 32.1. The predicted molar refractivity (Wildman–Crippen MR) is 146 cm³/mol. The molecule has 0 unspecified atom stereocenters. The number of benzene rings is 4. The molecule has 2 aromatic heterocycles. The van der Waals surface area contributed by atoms with E-state index in [2.05, 4.69) is 87.9 Å². The quantitative estimate of drug-likeness (QED) is 0.232. The number of anilines is 3. The molecule has 1 aliphatic rings. The summed E-state index contributed by atoms with van der Waals surface area (Å²) in [6.07, 6.45) is 1.29. The Morgan fingerprint density at radius 1 is 0.811 bits per heavy atom. The second-order valence-corrected chi connectivity index (χ2v) is 9.62. The van der Waals surface area contributed by atoms with E-state index < -0.39 is 0 Å². The average molecular weight is 494 g/mol. The first-order chi connectivity index (χ1) is 18.2. The number of rotatable bonds is 3. The van der Waals surface area contributed by atoms with Crippen LogP contribution in [0.4, 0.5) is 16.4 Å². The molecule has 0 radical (unpaired) electrons. The number of para-hydroxylation sites is 1. The molecule has 37 heavy (non-hydrogen) atoms. The standard InChI is InChI=1S/C30H15N5OS/c31-16-18(17-32)14-27-33-34-30(36-27)23-12-13-25-29-21(8-5-9-22(23)29)20-7-2-3-10-24(20)35(25)28-15-19-6-1-4-11-26(19)37-28/h1-15H. The highest BCUT2D eigenvalue weighted by Gasteiger charge is 2.28. The SMILES string of the molecule is N#CC(C#N)=Cc1nnc(-c2ccc3c4c(cccc24)-c2ccccc2N3c2cc3ccccc3s2)o1. The second kappa shape index (κ2) is 8.17. The first kappa shape index (κ1) is 21.1. The summed E-state index contributed by atoms with van der Waals surface area (Å²) in [7, 11) is 0. The van der Waals surface area contributed by atoms with Crippen LogP contribution >= 0.6 is 11.3 Å². The van der Waals surface area contributed by atoms with Crippen molar-refractivity contribution in [3.63, 3.8) is 0 Å². The Hall–Kier alpha value is -5.24. The van der Waals surface area contributed by atoms with Crippen LogP contribution in [0.2, 0.25) is 0 Å². The minimum atomic E-state index is -0.0947. The lowest BCUT2D eigenvalue weighted by Crippen LogP contribution is -2.14. The summed E-state index contributed by atoms with van der Waals surface area (Å²) >= 11 is 1.77. The summed E-state index contributed by atoms with van der Waals surface area (Å²) < 4.78 is 7.09. The molecule has 4 aromatic carbocycles. The fraction of sp³-hybridized carbons (Fsp3) is 0. The summed E-state index contributed by atoms with van der Waals surface area (Å²) in [6, 6.07) is 33.1. The van der Waals surface area contributed by atoms with Crippen LogP contribution in [0, 0.1) is 22.7 Å².